The van der Waals surface area contributed by atoms with Crippen molar-refractivity contribution in [2.45, 2.75) is 23.2 Å². The smallest absolute Gasteiger partial charge is 0.320 e. The van der Waals surface area contributed by atoms with Crippen LogP contribution in [0.15, 0.2) is 47.4 Å². The third kappa shape index (κ3) is 4.32. The summed E-state index contributed by atoms with van der Waals surface area (Å²) in [6, 6.07) is 12.8. The van der Waals surface area contributed by atoms with E-state index in [0.717, 1.165) is 23.4 Å². The molecule has 5 rings (SSSR count). The van der Waals surface area contributed by atoms with E-state index in [-0.39, 0.29) is 22.8 Å². The van der Waals surface area contributed by atoms with E-state index in [1.54, 1.807) is 12.1 Å². The number of nitrogens with zero attached hydrogens (tertiary/aromatic N) is 5. The Balaban J connectivity index is 1.22. The van der Waals surface area contributed by atoms with Crippen LogP contribution in [0.5, 0.6) is 0 Å². The highest BCUT2D eigenvalue weighted by molar-refractivity contribution is 7.90. The van der Waals surface area contributed by atoms with Gasteiger partial charge in [-0.2, -0.15) is 0 Å². The minimum atomic E-state index is -3.41. The van der Waals surface area contributed by atoms with Gasteiger partial charge in [0, 0.05) is 54.9 Å². The van der Waals surface area contributed by atoms with Crippen LogP contribution in [-0.4, -0.2) is 77.3 Å². The van der Waals surface area contributed by atoms with E-state index >= 15 is 0 Å². The van der Waals surface area contributed by atoms with Crippen molar-refractivity contribution in [3.8, 4) is 11.1 Å². The summed E-state index contributed by atoms with van der Waals surface area (Å²) in [5.74, 6) is 1.14. The van der Waals surface area contributed by atoms with E-state index in [0.29, 0.717) is 36.8 Å². The van der Waals surface area contributed by atoms with E-state index in [9.17, 15) is 13.2 Å². The number of nitrogens with one attached hydrogen (secondary N) is 1. The van der Waals surface area contributed by atoms with Crippen LogP contribution in [0.4, 0.5) is 4.79 Å². The van der Waals surface area contributed by atoms with Gasteiger partial charge in [0.25, 0.3) is 0 Å². The Morgan fingerprint density at radius 2 is 1.79 bits per heavy atom. The summed E-state index contributed by atoms with van der Waals surface area (Å²) in [4.78, 5) is 16.8. The molecule has 0 bridgehead atoms. The number of amides is 2. The monoisotopic (exact) mass is 486 g/mol. The summed E-state index contributed by atoms with van der Waals surface area (Å²) >= 11 is 6.01. The third-order valence-corrected chi connectivity index (χ3v) is 7.77. The number of aromatic nitrogens is 4. The van der Waals surface area contributed by atoms with Crippen LogP contribution in [0.3, 0.4) is 0 Å². The molecule has 3 heterocycles. The van der Waals surface area contributed by atoms with Gasteiger partial charge < -0.3 is 9.80 Å². The number of halogens is 1. The topological polar surface area (TPSA) is 112 Å². The average molecular weight is 487 g/mol. The number of hydrogen-bond donors (Lipinski definition) is 1. The number of tetrazole rings is 1. The summed E-state index contributed by atoms with van der Waals surface area (Å²) in [5, 5.41) is 14.4. The highest BCUT2D eigenvalue weighted by Crippen LogP contribution is 2.34. The van der Waals surface area contributed by atoms with Gasteiger partial charge in [0.2, 0.25) is 0 Å². The molecule has 172 valence electrons. The van der Waals surface area contributed by atoms with Crippen molar-refractivity contribution in [3.63, 3.8) is 0 Å². The molecule has 33 heavy (non-hydrogen) atoms. The molecule has 2 aromatic carbocycles. The van der Waals surface area contributed by atoms with Crippen molar-refractivity contribution in [2.24, 2.45) is 0 Å². The Morgan fingerprint density at radius 1 is 1.06 bits per heavy atom. The molecule has 2 fully saturated rings. The van der Waals surface area contributed by atoms with Gasteiger partial charge >= 0.3 is 6.03 Å². The first-order valence-electron chi connectivity index (χ1n) is 10.7. The van der Waals surface area contributed by atoms with Crippen molar-refractivity contribution in [1.82, 2.24) is 30.4 Å². The van der Waals surface area contributed by atoms with Crippen LogP contribution >= 0.6 is 11.6 Å². The highest BCUT2D eigenvalue weighted by Gasteiger charge is 2.37. The second-order valence-electron chi connectivity index (χ2n) is 8.64. The largest absolute Gasteiger partial charge is 0.324 e. The van der Waals surface area contributed by atoms with Crippen molar-refractivity contribution in [3.05, 3.63) is 58.9 Å². The lowest BCUT2D eigenvalue weighted by Crippen LogP contribution is -2.53. The maximum atomic E-state index is 12.8. The summed E-state index contributed by atoms with van der Waals surface area (Å²) in [6.45, 7) is 2.65. The molecule has 0 unspecified atom stereocenters. The summed E-state index contributed by atoms with van der Waals surface area (Å²) in [5.41, 5.74) is 2.57. The quantitative estimate of drug-likeness (QED) is 0.606. The van der Waals surface area contributed by atoms with Gasteiger partial charge in [0.05, 0.1) is 4.90 Å². The molecule has 0 radical (unpaired) electrons. The number of rotatable bonds is 4. The Hall–Kier alpha value is -2.98. The molecule has 1 atom stereocenters. The number of carbonyl (C=O) groups is 1. The molecule has 3 aromatic rings. The number of benzene rings is 2. The molecule has 0 saturated carbocycles. The van der Waals surface area contributed by atoms with Gasteiger partial charge in [-0.25, -0.2) is 18.3 Å². The minimum absolute atomic E-state index is 0.0526. The van der Waals surface area contributed by atoms with E-state index in [2.05, 4.69) is 20.6 Å². The predicted molar refractivity (Wildman–Crippen MR) is 123 cm³/mol. The average Bonchev–Trinajstić information content (AvgIpc) is 3.44. The third-order valence-electron chi connectivity index (χ3n) is 6.40. The zero-order valence-corrected chi connectivity index (χ0v) is 19.6. The molecule has 1 aromatic heterocycles. The predicted octanol–water partition coefficient (Wildman–Crippen LogP) is 2.93. The Labute approximate surface area is 196 Å². The van der Waals surface area contributed by atoms with Crippen LogP contribution in [0, 0.1) is 0 Å². The number of H-pyrrole nitrogens is 1. The van der Waals surface area contributed by atoms with E-state index in [4.69, 9.17) is 11.6 Å². The fourth-order valence-corrected chi connectivity index (χ4v) is 5.68. The fraction of sp³-hybridized carbons (Fsp3) is 0.364. The zero-order chi connectivity index (χ0) is 23.2. The lowest BCUT2D eigenvalue weighted by atomic mass is 9.90. The van der Waals surface area contributed by atoms with Gasteiger partial charge in [0.15, 0.2) is 15.7 Å². The first kappa shape index (κ1) is 21.8. The Kier molecular flexibility index (Phi) is 5.57. The van der Waals surface area contributed by atoms with Crippen LogP contribution in [-0.2, 0) is 9.84 Å². The normalized spacial score (nSPS) is 19.0. The first-order valence-corrected chi connectivity index (χ1v) is 12.9. The fourth-order valence-electron chi connectivity index (χ4n) is 4.52. The number of likely N-dealkylation sites (tertiary alicyclic amines) is 2. The lowest BCUT2D eigenvalue weighted by molar-refractivity contribution is 0.121. The molecule has 0 spiro atoms. The van der Waals surface area contributed by atoms with Crippen LogP contribution in [0.1, 0.15) is 29.6 Å². The van der Waals surface area contributed by atoms with Crippen molar-refractivity contribution in [1.29, 1.82) is 0 Å². The van der Waals surface area contributed by atoms with E-state index in [1.807, 2.05) is 34.1 Å². The number of aromatic amines is 1. The molecular weight excluding hydrogens is 464 g/mol. The molecule has 2 aliphatic rings. The molecule has 2 amide bonds. The van der Waals surface area contributed by atoms with Crippen molar-refractivity contribution < 1.29 is 13.2 Å². The number of carbonyl (C=O) groups excluding carboxylic acids is 1. The van der Waals surface area contributed by atoms with Crippen molar-refractivity contribution in [2.75, 3.05) is 32.4 Å². The molecule has 0 aliphatic carbocycles. The van der Waals surface area contributed by atoms with E-state index < -0.39 is 9.84 Å². The van der Waals surface area contributed by atoms with Crippen LogP contribution < -0.4 is 0 Å². The maximum absolute atomic E-state index is 12.8. The Morgan fingerprint density at radius 3 is 2.45 bits per heavy atom. The van der Waals surface area contributed by atoms with E-state index in [1.165, 1.54) is 12.3 Å². The maximum Gasteiger partial charge on any atom is 0.320 e. The molecule has 2 saturated heterocycles. The van der Waals surface area contributed by atoms with Gasteiger partial charge in [-0.1, -0.05) is 41.9 Å². The number of hydrogen-bond acceptors (Lipinski definition) is 6. The second-order valence-corrected chi connectivity index (χ2v) is 11.1. The van der Waals surface area contributed by atoms with Gasteiger partial charge in [-0.15, -0.1) is 5.10 Å². The first-order chi connectivity index (χ1) is 15.8. The molecule has 2 aliphatic heterocycles. The lowest BCUT2D eigenvalue weighted by Gasteiger charge is -2.41. The minimum Gasteiger partial charge on any atom is -0.324 e. The Bertz CT molecular complexity index is 1270. The van der Waals surface area contributed by atoms with Gasteiger partial charge in [-0.3, -0.25) is 0 Å². The van der Waals surface area contributed by atoms with Crippen molar-refractivity contribution >= 4 is 27.5 Å². The van der Waals surface area contributed by atoms with Crippen LogP contribution in [0.25, 0.3) is 11.1 Å². The molecular formula is C22H23ClN6O3S. The summed E-state index contributed by atoms with van der Waals surface area (Å²) in [7, 11) is -3.41. The summed E-state index contributed by atoms with van der Waals surface area (Å²) in [6.07, 6.45) is 2.03. The summed E-state index contributed by atoms with van der Waals surface area (Å²) < 4.78 is 24.4. The number of urea groups is 1. The highest BCUT2D eigenvalue weighted by atomic mass is 35.5. The van der Waals surface area contributed by atoms with Gasteiger partial charge in [-0.05, 0) is 40.1 Å². The van der Waals surface area contributed by atoms with Gasteiger partial charge in [0.1, 0.15) is 0 Å². The zero-order valence-electron chi connectivity index (χ0n) is 18.0. The number of sulfone groups is 1. The molecule has 1 N–H and O–H groups in total. The second kappa shape index (κ2) is 8.42. The standard InChI is InChI=1S/C22H23ClN6O3S/c1-33(31,32)20-10-18(23)6-7-19(20)15-4-2-14(3-5-15)17-12-29(13-17)22(30)28-9-8-16(11-28)21-24-26-27-25-21/h2-7,10,16-17H,8-9,11-13H2,1H3,(H,24,25,26,27)/t16-/m1/s1. The van der Waals surface area contributed by atoms with Crippen LogP contribution in [0.2, 0.25) is 5.02 Å². The molecule has 9 nitrogen and oxygen atoms in total. The molecule has 11 heteroatoms. The SMILES string of the molecule is CS(=O)(=O)c1cc(Cl)ccc1-c1ccc(C2CN(C(=O)N3CC[C@@H](c4nnn[nH]4)C3)C2)cc1.